The molecule has 0 atom stereocenters. The molecule has 1 aliphatic rings. The Bertz CT molecular complexity index is 1470. The zero-order chi connectivity index (χ0) is 26.7. The van der Waals surface area contributed by atoms with Gasteiger partial charge >= 0.3 is 5.97 Å². The van der Waals surface area contributed by atoms with E-state index < -0.39 is 29.5 Å². The number of anilines is 3. The summed E-state index contributed by atoms with van der Waals surface area (Å²) in [6.07, 6.45) is 0. The van der Waals surface area contributed by atoms with Crippen molar-refractivity contribution in [2.24, 2.45) is 0 Å². The van der Waals surface area contributed by atoms with Crippen LogP contribution in [0.5, 0.6) is 0 Å². The molecule has 0 radical (unpaired) electrons. The predicted octanol–water partition coefficient (Wildman–Crippen LogP) is 5.34. The minimum absolute atomic E-state index is 0.0505. The largest absolute Gasteiger partial charge is 0.462 e. The van der Waals surface area contributed by atoms with Gasteiger partial charge in [0.05, 0.1) is 22.9 Å². The van der Waals surface area contributed by atoms with Crippen LogP contribution in [0.3, 0.4) is 0 Å². The molecule has 3 amide bonds. The summed E-state index contributed by atoms with van der Waals surface area (Å²) in [5, 5.41) is 4.84. The van der Waals surface area contributed by atoms with Crippen LogP contribution in [0.4, 0.5) is 21.5 Å². The van der Waals surface area contributed by atoms with E-state index >= 15 is 0 Å². The number of esters is 1. The number of hydrogen-bond donors (Lipinski definition) is 2. The normalized spacial score (nSPS) is 13.1. The van der Waals surface area contributed by atoms with Crippen molar-refractivity contribution >= 4 is 64.0 Å². The molecule has 3 aromatic rings. The molecule has 0 saturated heterocycles. The summed E-state index contributed by atoms with van der Waals surface area (Å²) in [7, 11) is 0. The van der Waals surface area contributed by atoms with Crippen molar-refractivity contribution in [3.63, 3.8) is 0 Å². The number of carbonyl (C=O) groups is 4. The average Bonchev–Trinajstić information content (AvgIpc) is 3.09. The van der Waals surface area contributed by atoms with Gasteiger partial charge in [-0.1, -0.05) is 35.3 Å². The maximum absolute atomic E-state index is 13.5. The van der Waals surface area contributed by atoms with Gasteiger partial charge in [-0.05, 0) is 61.5 Å². The number of nitrogens with one attached hydrogen (secondary N) is 2. The van der Waals surface area contributed by atoms with Crippen molar-refractivity contribution in [3.05, 3.63) is 99.4 Å². The minimum Gasteiger partial charge on any atom is -0.462 e. The second kappa shape index (κ2) is 10.8. The van der Waals surface area contributed by atoms with Crippen LogP contribution in [0.15, 0.2) is 77.5 Å². The average molecular weight is 542 g/mol. The molecule has 4 rings (SSSR count). The molecular formula is C26H18Cl2FN3O5. The number of amides is 3. The molecule has 3 aromatic carbocycles. The third-order valence-electron chi connectivity index (χ3n) is 5.21. The number of hydrogen-bond acceptors (Lipinski definition) is 6. The molecular weight excluding hydrogens is 524 g/mol. The summed E-state index contributed by atoms with van der Waals surface area (Å²) < 4.78 is 18.5. The maximum atomic E-state index is 13.5. The van der Waals surface area contributed by atoms with Crippen LogP contribution in [0, 0.1) is 5.82 Å². The highest BCUT2D eigenvalue weighted by Crippen LogP contribution is 2.32. The van der Waals surface area contributed by atoms with Gasteiger partial charge in [-0.25, -0.2) is 14.1 Å². The van der Waals surface area contributed by atoms with E-state index in [-0.39, 0.29) is 39.2 Å². The number of rotatable bonds is 7. The van der Waals surface area contributed by atoms with Crippen LogP contribution in [-0.4, -0.2) is 30.3 Å². The molecule has 0 aromatic heterocycles. The van der Waals surface area contributed by atoms with Crippen LogP contribution >= 0.6 is 23.2 Å². The first-order valence-electron chi connectivity index (χ1n) is 10.9. The van der Waals surface area contributed by atoms with Gasteiger partial charge in [-0.15, -0.1) is 0 Å². The van der Waals surface area contributed by atoms with E-state index in [0.717, 1.165) is 17.0 Å². The third-order valence-corrected chi connectivity index (χ3v) is 5.85. The molecule has 0 unspecified atom stereocenters. The zero-order valence-corrected chi connectivity index (χ0v) is 20.7. The van der Waals surface area contributed by atoms with Gasteiger partial charge < -0.3 is 15.4 Å². The smallest absolute Gasteiger partial charge is 0.338 e. The SMILES string of the molecule is CCOC(=O)c1cccc(NC(=O)c2cccc(NC3=C(Cl)C(=O)N(c4ccc(F)c(Cl)c4)C3=O)c2)c1. The fourth-order valence-electron chi connectivity index (χ4n) is 3.49. The van der Waals surface area contributed by atoms with E-state index in [1.54, 1.807) is 43.3 Å². The quantitative estimate of drug-likeness (QED) is 0.309. The monoisotopic (exact) mass is 541 g/mol. The lowest BCUT2D eigenvalue weighted by Crippen LogP contribution is -2.32. The predicted molar refractivity (Wildman–Crippen MR) is 137 cm³/mol. The van der Waals surface area contributed by atoms with Gasteiger partial charge in [-0.3, -0.25) is 14.4 Å². The number of benzene rings is 3. The molecule has 1 aliphatic heterocycles. The van der Waals surface area contributed by atoms with Gasteiger partial charge in [0.15, 0.2) is 0 Å². The Morgan fingerprint density at radius 1 is 0.919 bits per heavy atom. The van der Waals surface area contributed by atoms with Gasteiger partial charge in [0, 0.05) is 16.9 Å². The highest BCUT2D eigenvalue weighted by atomic mass is 35.5. The summed E-state index contributed by atoms with van der Waals surface area (Å²) >= 11 is 11.9. The van der Waals surface area contributed by atoms with Gasteiger partial charge in [0.2, 0.25) is 0 Å². The standard InChI is InChI=1S/C26H18Cl2FN3O5/c1-2-37-26(36)15-6-4-8-17(12-15)31-23(33)14-5-3-7-16(11-14)30-22-21(28)24(34)32(25(22)35)18-9-10-20(29)19(27)13-18/h3-13,30H,2H2,1H3,(H,31,33). The highest BCUT2D eigenvalue weighted by molar-refractivity contribution is 6.53. The molecule has 37 heavy (non-hydrogen) atoms. The van der Waals surface area contributed by atoms with Gasteiger partial charge in [-0.2, -0.15) is 0 Å². The van der Waals surface area contributed by atoms with E-state index in [1.165, 1.54) is 18.2 Å². The van der Waals surface area contributed by atoms with E-state index in [9.17, 15) is 23.6 Å². The summed E-state index contributed by atoms with van der Waals surface area (Å²) in [5.41, 5.74) is 1.03. The van der Waals surface area contributed by atoms with Crippen LogP contribution in [-0.2, 0) is 14.3 Å². The Morgan fingerprint density at radius 3 is 2.30 bits per heavy atom. The molecule has 1 heterocycles. The van der Waals surface area contributed by atoms with Gasteiger partial charge in [0.1, 0.15) is 16.5 Å². The summed E-state index contributed by atoms with van der Waals surface area (Å²) in [6, 6.07) is 15.8. The Labute approximate surface area is 220 Å². The van der Waals surface area contributed by atoms with Crippen molar-refractivity contribution in [1.82, 2.24) is 0 Å². The molecule has 0 aliphatic carbocycles. The number of halogens is 3. The summed E-state index contributed by atoms with van der Waals surface area (Å²) in [6.45, 7) is 1.91. The molecule has 0 bridgehead atoms. The number of carbonyl (C=O) groups excluding carboxylic acids is 4. The molecule has 8 nitrogen and oxygen atoms in total. The lowest BCUT2D eigenvalue weighted by Gasteiger charge is -2.15. The first kappa shape index (κ1) is 25.9. The van der Waals surface area contributed by atoms with Crippen LogP contribution in [0.25, 0.3) is 0 Å². The number of ether oxygens (including phenoxy) is 1. The Morgan fingerprint density at radius 2 is 1.59 bits per heavy atom. The topological polar surface area (TPSA) is 105 Å². The highest BCUT2D eigenvalue weighted by Gasteiger charge is 2.39. The van der Waals surface area contributed by atoms with Crippen molar-refractivity contribution in [2.75, 3.05) is 22.1 Å². The molecule has 0 saturated carbocycles. The van der Waals surface area contributed by atoms with Crippen molar-refractivity contribution < 1.29 is 28.3 Å². The van der Waals surface area contributed by atoms with Gasteiger partial charge in [0.25, 0.3) is 17.7 Å². The number of nitrogens with zero attached hydrogens (tertiary/aromatic N) is 1. The maximum Gasteiger partial charge on any atom is 0.338 e. The van der Waals surface area contributed by atoms with Crippen molar-refractivity contribution in [3.8, 4) is 0 Å². The fraction of sp³-hybridized carbons (Fsp3) is 0.0769. The van der Waals surface area contributed by atoms with E-state index in [0.29, 0.717) is 11.4 Å². The van der Waals surface area contributed by atoms with Crippen molar-refractivity contribution in [1.29, 1.82) is 0 Å². The Balaban J connectivity index is 1.51. The molecule has 2 N–H and O–H groups in total. The lowest BCUT2D eigenvalue weighted by atomic mass is 10.1. The second-order valence-corrected chi connectivity index (χ2v) is 8.48. The van der Waals surface area contributed by atoms with Crippen LogP contribution in [0.1, 0.15) is 27.6 Å². The summed E-state index contributed by atoms with van der Waals surface area (Å²) in [4.78, 5) is 51.2. The van der Waals surface area contributed by atoms with Crippen LogP contribution in [0.2, 0.25) is 5.02 Å². The Kier molecular flexibility index (Phi) is 7.56. The van der Waals surface area contributed by atoms with E-state index in [2.05, 4.69) is 10.6 Å². The van der Waals surface area contributed by atoms with E-state index in [1.807, 2.05) is 0 Å². The zero-order valence-electron chi connectivity index (χ0n) is 19.2. The Hall–Kier alpha value is -4.21. The molecule has 0 fully saturated rings. The van der Waals surface area contributed by atoms with E-state index in [4.69, 9.17) is 27.9 Å². The fourth-order valence-corrected chi connectivity index (χ4v) is 3.88. The lowest BCUT2D eigenvalue weighted by molar-refractivity contribution is -0.120. The minimum atomic E-state index is -0.813. The molecule has 188 valence electrons. The second-order valence-electron chi connectivity index (χ2n) is 7.69. The first-order chi connectivity index (χ1) is 17.7. The molecule has 0 spiro atoms. The summed E-state index contributed by atoms with van der Waals surface area (Å²) in [5.74, 6) is -3.29. The third kappa shape index (κ3) is 5.47. The number of imide groups is 1. The first-order valence-corrected chi connectivity index (χ1v) is 11.6. The van der Waals surface area contributed by atoms with Crippen LogP contribution < -0.4 is 15.5 Å². The molecule has 11 heteroatoms. The van der Waals surface area contributed by atoms with Crippen molar-refractivity contribution in [2.45, 2.75) is 6.92 Å².